The van der Waals surface area contributed by atoms with Crippen molar-refractivity contribution in [2.24, 2.45) is 0 Å². The van der Waals surface area contributed by atoms with Crippen molar-refractivity contribution in [3.8, 4) is 6.07 Å². The Bertz CT molecular complexity index is 922. The number of para-hydroxylation sites is 1. The lowest BCUT2D eigenvalue weighted by atomic mass is 10.2. The summed E-state index contributed by atoms with van der Waals surface area (Å²) in [5, 5.41) is 15.4. The molecule has 1 N–H and O–H groups in total. The number of hydrogen-bond donors (Lipinski definition) is 1. The Balaban J connectivity index is 1.48. The molecular weight excluding hydrogens is 352 g/mol. The zero-order chi connectivity index (χ0) is 17.2. The van der Waals surface area contributed by atoms with Gasteiger partial charge in [-0.25, -0.2) is 4.98 Å². The van der Waals surface area contributed by atoms with Crippen LogP contribution in [0.15, 0.2) is 35.7 Å². The van der Waals surface area contributed by atoms with Crippen LogP contribution in [0.1, 0.15) is 29.5 Å². The number of anilines is 1. The molecule has 2 aromatic heterocycles. The minimum absolute atomic E-state index is 0.0769. The van der Waals surface area contributed by atoms with Crippen LogP contribution in [0.25, 0.3) is 10.2 Å². The Labute approximate surface area is 153 Å². The van der Waals surface area contributed by atoms with Gasteiger partial charge in [0.1, 0.15) is 16.1 Å². The molecule has 1 fully saturated rings. The fourth-order valence-electron chi connectivity index (χ4n) is 3.17. The minimum atomic E-state index is -0.0769. The Kier molecular flexibility index (Phi) is 4.49. The van der Waals surface area contributed by atoms with Crippen molar-refractivity contribution >= 4 is 43.8 Å². The first kappa shape index (κ1) is 16.2. The molecule has 25 heavy (non-hydrogen) atoms. The number of carbonyl (C=O) groups excluding carboxylic acids is 1. The molecule has 1 aliphatic heterocycles. The molecule has 0 radical (unpaired) electrons. The molecule has 0 spiro atoms. The second kappa shape index (κ2) is 6.92. The Hall–Kier alpha value is -2.27. The fourth-order valence-corrected chi connectivity index (χ4v) is 5.06. The molecule has 4 rings (SSSR count). The monoisotopic (exact) mass is 368 g/mol. The topological polar surface area (TPSA) is 69.0 Å². The summed E-state index contributed by atoms with van der Waals surface area (Å²) in [6.45, 7) is 1.22. The summed E-state index contributed by atoms with van der Waals surface area (Å²) in [7, 11) is 0. The quantitative estimate of drug-likeness (QED) is 0.755. The number of carbonyl (C=O) groups is 1. The van der Waals surface area contributed by atoms with E-state index in [9.17, 15) is 4.79 Å². The average molecular weight is 368 g/mol. The van der Waals surface area contributed by atoms with Crippen LogP contribution >= 0.6 is 22.7 Å². The predicted octanol–water partition coefficient (Wildman–Crippen LogP) is 4.01. The maximum Gasteiger partial charge on any atom is 0.239 e. The summed E-state index contributed by atoms with van der Waals surface area (Å²) in [6.07, 6.45) is 2.09. The lowest BCUT2D eigenvalue weighted by Gasteiger charge is -2.21. The summed E-state index contributed by atoms with van der Waals surface area (Å²) in [5.74, 6) is -0.0769. The average Bonchev–Trinajstić information content (AvgIpc) is 3.32. The van der Waals surface area contributed by atoms with E-state index in [1.165, 1.54) is 16.0 Å². The molecule has 7 heteroatoms. The third-order valence-electron chi connectivity index (χ3n) is 4.34. The molecule has 3 heterocycles. The highest BCUT2D eigenvalue weighted by Crippen LogP contribution is 2.36. The number of nitrogens with zero attached hydrogens (tertiary/aromatic N) is 3. The van der Waals surface area contributed by atoms with Gasteiger partial charge in [-0.15, -0.1) is 22.7 Å². The van der Waals surface area contributed by atoms with Crippen LogP contribution < -0.4 is 5.32 Å². The van der Waals surface area contributed by atoms with Crippen molar-refractivity contribution in [3.05, 3.63) is 46.3 Å². The zero-order valence-electron chi connectivity index (χ0n) is 13.4. The first-order valence-corrected chi connectivity index (χ1v) is 9.81. The van der Waals surface area contributed by atoms with Crippen molar-refractivity contribution in [2.75, 3.05) is 18.4 Å². The highest BCUT2D eigenvalue weighted by molar-refractivity contribution is 7.18. The molecule has 1 saturated heterocycles. The highest BCUT2D eigenvalue weighted by Gasteiger charge is 2.30. The second-order valence-corrected chi connectivity index (χ2v) is 7.95. The Morgan fingerprint density at radius 3 is 3.12 bits per heavy atom. The zero-order valence-corrected chi connectivity index (χ0v) is 15.1. The van der Waals surface area contributed by atoms with Gasteiger partial charge >= 0.3 is 0 Å². The number of thiazole rings is 1. The predicted molar refractivity (Wildman–Crippen MR) is 101 cm³/mol. The van der Waals surface area contributed by atoms with Gasteiger partial charge in [-0.2, -0.15) is 5.26 Å². The Morgan fingerprint density at radius 2 is 2.28 bits per heavy atom. The molecule has 1 aromatic carbocycles. The summed E-state index contributed by atoms with van der Waals surface area (Å²) in [6, 6.07) is 12.2. The van der Waals surface area contributed by atoms with Crippen LogP contribution in [-0.2, 0) is 4.79 Å². The van der Waals surface area contributed by atoms with E-state index in [1.54, 1.807) is 17.4 Å². The van der Waals surface area contributed by atoms with Gasteiger partial charge in [-0.1, -0.05) is 12.1 Å². The minimum Gasteiger partial charge on any atom is -0.315 e. The molecule has 0 unspecified atom stereocenters. The van der Waals surface area contributed by atoms with Crippen molar-refractivity contribution in [1.82, 2.24) is 9.88 Å². The first-order valence-electron chi connectivity index (χ1n) is 8.11. The number of amides is 1. The Morgan fingerprint density at radius 1 is 1.40 bits per heavy atom. The maximum atomic E-state index is 12.4. The van der Waals surface area contributed by atoms with Gasteiger partial charge in [0.15, 0.2) is 0 Å². The normalized spacial score (nSPS) is 17.6. The third-order valence-corrected chi connectivity index (χ3v) is 6.31. The number of aromatic nitrogens is 1. The van der Waals surface area contributed by atoms with Gasteiger partial charge in [0, 0.05) is 0 Å². The molecule has 1 aliphatic rings. The molecule has 0 bridgehead atoms. The fraction of sp³-hybridized carbons (Fsp3) is 0.278. The SMILES string of the molecule is N#Cc1ccsc1NC(=O)CN1CCC[C@H]1c1nc2ccccc2s1. The highest BCUT2D eigenvalue weighted by atomic mass is 32.1. The molecule has 126 valence electrons. The van der Waals surface area contributed by atoms with Crippen molar-refractivity contribution in [2.45, 2.75) is 18.9 Å². The van der Waals surface area contributed by atoms with Crippen LogP contribution in [0.3, 0.4) is 0 Å². The van der Waals surface area contributed by atoms with Gasteiger partial charge in [-0.05, 0) is 43.0 Å². The standard InChI is InChI=1S/C18H16N4OS2/c19-10-12-7-9-24-17(12)21-16(23)11-22-8-3-5-14(22)18-20-13-4-1-2-6-15(13)25-18/h1-2,4,6-7,9,14H,3,5,8,11H2,(H,21,23)/t14-/m0/s1. The van der Waals surface area contributed by atoms with E-state index in [0.717, 1.165) is 29.9 Å². The van der Waals surface area contributed by atoms with E-state index in [1.807, 2.05) is 23.6 Å². The number of rotatable bonds is 4. The smallest absolute Gasteiger partial charge is 0.239 e. The maximum absolute atomic E-state index is 12.4. The van der Waals surface area contributed by atoms with Crippen molar-refractivity contribution < 1.29 is 4.79 Å². The van der Waals surface area contributed by atoms with E-state index < -0.39 is 0 Å². The van der Waals surface area contributed by atoms with Crippen LogP contribution in [0.5, 0.6) is 0 Å². The number of likely N-dealkylation sites (tertiary alicyclic amines) is 1. The van der Waals surface area contributed by atoms with Crippen LogP contribution in [0, 0.1) is 11.3 Å². The number of nitrogens with one attached hydrogen (secondary N) is 1. The van der Waals surface area contributed by atoms with Crippen molar-refractivity contribution in [3.63, 3.8) is 0 Å². The largest absolute Gasteiger partial charge is 0.315 e. The summed E-state index contributed by atoms with van der Waals surface area (Å²) < 4.78 is 1.19. The third kappa shape index (κ3) is 3.29. The summed E-state index contributed by atoms with van der Waals surface area (Å²) in [5.41, 5.74) is 1.54. The number of fused-ring (bicyclic) bond motifs is 1. The van der Waals surface area contributed by atoms with Crippen LogP contribution in [-0.4, -0.2) is 28.9 Å². The second-order valence-electron chi connectivity index (χ2n) is 5.97. The molecule has 1 atom stereocenters. The summed E-state index contributed by atoms with van der Waals surface area (Å²) >= 11 is 3.09. The molecule has 0 aliphatic carbocycles. The summed E-state index contributed by atoms with van der Waals surface area (Å²) in [4.78, 5) is 19.4. The number of benzene rings is 1. The van der Waals surface area contributed by atoms with E-state index in [-0.39, 0.29) is 11.9 Å². The van der Waals surface area contributed by atoms with Gasteiger partial charge in [0.05, 0.1) is 28.4 Å². The van der Waals surface area contributed by atoms with E-state index in [4.69, 9.17) is 10.2 Å². The molecular formula is C18H16N4OS2. The van der Waals surface area contributed by atoms with Crippen LogP contribution in [0.4, 0.5) is 5.00 Å². The van der Waals surface area contributed by atoms with Gasteiger partial charge in [0.25, 0.3) is 0 Å². The van der Waals surface area contributed by atoms with Crippen molar-refractivity contribution in [1.29, 1.82) is 5.26 Å². The van der Waals surface area contributed by atoms with Gasteiger partial charge in [0.2, 0.25) is 5.91 Å². The molecule has 0 saturated carbocycles. The molecule has 1 amide bonds. The number of hydrogen-bond acceptors (Lipinski definition) is 6. The van der Waals surface area contributed by atoms with Crippen LogP contribution in [0.2, 0.25) is 0 Å². The molecule has 5 nitrogen and oxygen atoms in total. The number of nitriles is 1. The first-order chi connectivity index (χ1) is 12.2. The van der Waals surface area contributed by atoms with E-state index >= 15 is 0 Å². The number of thiophene rings is 1. The molecule has 3 aromatic rings. The van der Waals surface area contributed by atoms with E-state index in [0.29, 0.717) is 17.1 Å². The van der Waals surface area contributed by atoms with Gasteiger partial charge < -0.3 is 5.32 Å². The van der Waals surface area contributed by atoms with E-state index in [2.05, 4.69) is 22.4 Å². The lowest BCUT2D eigenvalue weighted by Crippen LogP contribution is -2.32. The lowest BCUT2D eigenvalue weighted by molar-refractivity contribution is -0.117. The van der Waals surface area contributed by atoms with Gasteiger partial charge in [-0.3, -0.25) is 9.69 Å².